The lowest BCUT2D eigenvalue weighted by molar-refractivity contribution is -0.0504. The number of Topliss-reactive ketones (excluding diaryl/α,β-unsaturated/α-hetero) is 2. The number of carbonyl (C=O) groups excluding carboxylic acids is 2. The van der Waals surface area contributed by atoms with Crippen LogP contribution in [0.1, 0.15) is 33.2 Å². The van der Waals surface area contributed by atoms with E-state index in [2.05, 4.69) is 20.7 Å². The number of benzene rings is 2. The topological polar surface area (TPSA) is 43.4 Å². The summed E-state index contributed by atoms with van der Waals surface area (Å²) >= 11 is 3.24. The van der Waals surface area contributed by atoms with E-state index < -0.39 is 18.2 Å². The van der Waals surface area contributed by atoms with Crippen molar-refractivity contribution >= 4 is 27.5 Å². The Kier molecular flexibility index (Phi) is 5.60. The zero-order valence-electron chi connectivity index (χ0n) is 12.2. The van der Waals surface area contributed by atoms with E-state index >= 15 is 0 Å². The van der Waals surface area contributed by atoms with Crippen LogP contribution in [0.2, 0.25) is 0 Å². The van der Waals surface area contributed by atoms with Crippen molar-refractivity contribution in [2.45, 2.75) is 20.0 Å². The van der Waals surface area contributed by atoms with Crippen LogP contribution in [0.3, 0.4) is 0 Å². The van der Waals surface area contributed by atoms with Crippen molar-refractivity contribution in [2.75, 3.05) is 0 Å². The Morgan fingerprint density at radius 2 is 1.74 bits per heavy atom. The average molecular weight is 383 g/mol. The minimum absolute atomic E-state index is 0.00829. The standard InChI is InChI=1S/C17H13BrF2O3/c1-2-10-8-12(6-7-14(10)23-17(19)20)16(22)15(21)11-4-3-5-13(18)9-11/h3-9,17H,2H2,1H3. The smallest absolute Gasteiger partial charge is 0.387 e. The molecule has 0 radical (unpaired) electrons. The average Bonchev–Trinajstić information content (AvgIpc) is 2.53. The highest BCUT2D eigenvalue weighted by molar-refractivity contribution is 9.10. The molecule has 0 fully saturated rings. The van der Waals surface area contributed by atoms with E-state index in [1.165, 1.54) is 18.2 Å². The van der Waals surface area contributed by atoms with Gasteiger partial charge in [0, 0.05) is 15.6 Å². The lowest BCUT2D eigenvalue weighted by Crippen LogP contribution is -2.15. The molecular weight excluding hydrogens is 370 g/mol. The highest BCUT2D eigenvalue weighted by Crippen LogP contribution is 2.24. The van der Waals surface area contributed by atoms with Crippen LogP contribution >= 0.6 is 15.9 Å². The van der Waals surface area contributed by atoms with Gasteiger partial charge in [-0.25, -0.2) is 0 Å². The van der Waals surface area contributed by atoms with E-state index in [1.807, 2.05) is 0 Å². The van der Waals surface area contributed by atoms with Gasteiger partial charge in [-0.1, -0.05) is 35.0 Å². The Bertz CT molecular complexity index is 744. The second-order valence-corrected chi connectivity index (χ2v) is 5.64. The quantitative estimate of drug-likeness (QED) is 0.538. The SMILES string of the molecule is CCc1cc(C(=O)C(=O)c2cccc(Br)c2)ccc1OC(F)F. The number of alkyl halides is 2. The maximum Gasteiger partial charge on any atom is 0.387 e. The normalized spacial score (nSPS) is 10.7. The fraction of sp³-hybridized carbons (Fsp3) is 0.176. The second kappa shape index (κ2) is 7.46. The lowest BCUT2D eigenvalue weighted by atomic mass is 9.99. The van der Waals surface area contributed by atoms with Crippen LogP contribution in [0.5, 0.6) is 5.75 Å². The van der Waals surface area contributed by atoms with Gasteiger partial charge in [0.1, 0.15) is 5.75 Å². The lowest BCUT2D eigenvalue weighted by Gasteiger charge is -2.10. The Balaban J connectivity index is 2.30. The van der Waals surface area contributed by atoms with Gasteiger partial charge in [0.05, 0.1) is 0 Å². The molecular formula is C17H13BrF2O3. The van der Waals surface area contributed by atoms with Crippen LogP contribution in [-0.2, 0) is 6.42 Å². The van der Waals surface area contributed by atoms with Crippen molar-refractivity contribution in [3.05, 3.63) is 63.6 Å². The molecule has 0 saturated heterocycles. The van der Waals surface area contributed by atoms with Crippen molar-refractivity contribution in [3.8, 4) is 5.75 Å². The summed E-state index contributed by atoms with van der Waals surface area (Å²) in [5.74, 6) is -1.34. The second-order valence-electron chi connectivity index (χ2n) is 4.72. The summed E-state index contributed by atoms with van der Waals surface area (Å²) in [5.41, 5.74) is 0.849. The first kappa shape index (κ1) is 17.3. The molecule has 2 aromatic carbocycles. The first-order chi connectivity index (χ1) is 10.9. The Morgan fingerprint density at radius 3 is 2.30 bits per heavy atom. The van der Waals surface area contributed by atoms with Gasteiger partial charge in [0.15, 0.2) is 0 Å². The van der Waals surface area contributed by atoms with Gasteiger partial charge in [0.25, 0.3) is 0 Å². The molecule has 0 aliphatic carbocycles. The van der Waals surface area contributed by atoms with Crippen LogP contribution in [0.25, 0.3) is 0 Å². The zero-order chi connectivity index (χ0) is 17.0. The number of hydrogen-bond acceptors (Lipinski definition) is 3. The number of aryl methyl sites for hydroxylation is 1. The third kappa shape index (κ3) is 4.22. The van der Waals surface area contributed by atoms with Gasteiger partial charge in [-0.15, -0.1) is 0 Å². The molecule has 0 aliphatic heterocycles. The number of carbonyl (C=O) groups is 2. The molecule has 0 saturated carbocycles. The zero-order valence-corrected chi connectivity index (χ0v) is 13.8. The summed E-state index contributed by atoms with van der Waals surface area (Å²) < 4.78 is 29.8. The summed E-state index contributed by atoms with van der Waals surface area (Å²) in [4.78, 5) is 24.5. The van der Waals surface area contributed by atoms with Crippen LogP contribution < -0.4 is 4.74 Å². The number of halogens is 3. The molecule has 6 heteroatoms. The van der Waals surface area contributed by atoms with E-state index in [0.717, 1.165) is 0 Å². The van der Waals surface area contributed by atoms with Crippen molar-refractivity contribution in [1.29, 1.82) is 0 Å². The predicted molar refractivity (Wildman–Crippen MR) is 85.3 cm³/mol. The first-order valence-corrected chi connectivity index (χ1v) is 7.64. The third-order valence-corrected chi connectivity index (χ3v) is 3.71. The van der Waals surface area contributed by atoms with Crippen LogP contribution in [-0.4, -0.2) is 18.2 Å². The monoisotopic (exact) mass is 382 g/mol. The molecule has 0 bridgehead atoms. The summed E-state index contributed by atoms with van der Waals surface area (Å²) in [6.45, 7) is -1.19. The fourth-order valence-electron chi connectivity index (χ4n) is 2.10. The van der Waals surface area contributed by atoms with Crippen LogP contribution in [0.15, 0.2) is 46.9 Å². The van der Waals surface area contributed by atoms with Gasteiger partial charge >= 0.3 is 6.61 Å². The molecule has 0 aromatic heterocycles. The van der Waals surface area contributed by atoms with Crippen molar-refractivity contribution < 1.29 is 23.1 Å². The van der Waals surface area contributed by atoms with Crippen LogP contribution in [0.4, 0.5) is 8.78 Å². The fourth-order valence-corrected chi connectivity index (χ4v) is 2.50. The van der Waals surface area contributed by atoms with Crippen molar-refractivity contribution in [2.24, 2.45) is 0 Å². The van der Waals surface area contributed by atoms with E-state index in [4.69, 9.17) is 0 Å². The summed E-state index contributed by atoms with van der Waals surface area (Å²) in [6, 6.07) is 10.5. The Hall–Kier alpha value is -2.08. The summed E-state index contributed by atoms with van der Waals surface area (Å²) in [6.07, 6.45) is 0.397. The number of ketones is 2. The molecule has 0 unspecified atom stereocenters. The Labute approximate surface area is 140 Å². The highest BCUT2D eigenvalue weighted by atomic mass is 79.9. The van der Waals surface area contributed by atoms with Gasteiger partial charge in [0.2, 0.25) is 11.6 Å². The molecule has 0 spiro atoms. The molecule has 0 N–H and O–H groups in total. The molecule has 23 heavy (non-hydrogen) atoms. The third-order valence-electron chi connectivity index (χ3n) is 3.21. The molecule has 2 rings (SSSR count). The first-order valence-electron chi connectivity index (χ1n) is 6.84. The highest BCUT2D eigenvalue weighted by Gasteiger charge is 2.20. The maximum absolute atomic E-state index is 12.3. The Morgan fingerprint density at radius 1 is 1.09 bits per heavy atom. The van der Waals surface area contributed by atoms with Gasteiger partial charge in [-0.3, -0.25) is 9.59 Å². The molecule has 0 atom stereocenters. The number of rotatable bonds is 6. The van der Waals surface area contributed by atoms with Crippen molar-refractivity contribution in [3.63, 3.8) is 0 Å². The summed E-state index contributed by atoms with van der Waals surface area (Å²) in [5, 5.41) is 0. The van der Waals surface area contributed by atoms with E-state index in [-0.39, 0.29) is 16.9 Å². The predicted octanol–water partition coefficient (Wildman–Crippen LogP) is 4.68. The molecule has 2 aromatic rings. The molecule has 0 aliphatic rings. The van der Waals surface area contributed by atoms with E-state index in [1.54, 1.807) is 31.2 Å². The van der Waals surface area contributed by atoms with Gasteiger partial charge in [-0.05, 0) is 42.3 Å². The molecule has 0 heterocycles. The summed E-state index contributed by atoms with van der Waals surface area (Å²) in [7, 11) is 0. The minimum Gasteiger partial charge on any atom is -0.435 e. The molecule has 120 valence electrons. The van der Waals surface area contributed by atoms with Gasteiger partial charge < -0.3 is 4.74 Å². The molecule has 0 amide bonds. The van der Waals surface area contributed by atoms with Gasteiger partial charge in [-0.2, -0.15) is 8.78 Å². The number of hydrogen-bond donors (Lipinski definition) is 0. The number of ether oxygens (including phenoxy) is 1. The minimum atomic E-state index is -2.94. The van der Waals surface area contributed by atoms with Crippen molar-refractivity contribution in [1.82, 2.24) is 0 Å². The van der Waals surface area contributed by atoms with E-state index in [9.17, 15) is 18.4 Å². The largest absolute Gasteiger partial charge is 0.435 e. The van der Waals surface area contributed by atoms with E-state index in [0.29, 0.717) is 16.5 Å². The molecule has 3 nitrogen and oxygen atoms in total. The van der Waals surface area contributed by atoms with Crippen LogP contribution in [0, 0.1) is 0 Å². The maximum atomic E-state index is 12.3.